The van der Waals surface area contributed by atoms with Gasteiger partial charge in [0.15, 0.2) is 0 Å². The van der Waals surface area contributed by atoms with E-state index in [0.717, 1.165) is 29.3 Å². The van der Waals surface area contributed by atoms with E-state index in [1.54, 1.807) is 12.1 Å². The molecule has 1 atom stereocenters. The summed E-state index contributed by atoms with van der Waals surface area (Å²) in [4.78, 5) is 24.8. The third kappa shape index (κ3) is 5.98. The van der Waals surface area contributed by atoms with Gasteiger partial charge in [0.25, 0.3) is 5.91 Å². The normalized spacial score (nSPS) is 12.1. The quantitative estimate of drug-likeness (QED) is 0.280. The fraction of sp³-hybridized carbons (Fsp3) is 0.103. The number of hydrogen-bond donors (Lipinski definition) is 3. The Balaban J connectivity index is 1.55. The molecule has 0 saturated heterocycles. The van der Waals surface area contributed by atoms with Gasteiger partial charge in [0.1, 0.15) is 11.8 Å². The van der Waals surface area contributed by atoms with Crippen LogP contribution in [0.3, 0.4) is 0 Å². The van der Waals surface area contributed by atoms with Crippen molar-refractivity contribution in [3.05, 3.63) is 114 Å². The zero-order chi connectivity index (χ0) is 26.6. The molecule has 3 N–H and O–H groups in total. The van der Waals surface area contributed by atoms with Gasteiger partial charge in [0.2, 0.25) is 0 Å². The van der Waals surface area contributed by atoms with Crippen LogP contribution in [0.1, 0.15) is 21.5 Å². The van der Waals surface area contributed by atoms with Gasteiger partial charge in [0.05, 0.1) is 11.1 Å². The molecule has 0 aromatic heterocycles. The summed E-state index contributed by atoms with van der Waals surface area (Å²) in [5.41, 5.74) is 1.26. The topological polar surface area (TPSA) is 86.6 Å². The van der Waals surface area contributed by atoms with Gasteiger partial charge in [-0.05, 0) is 46.0 Å². The van der Waals surface area contributed by atoms with Crippen LogP contribution in [-0.4, -0.2) is 28.1 Å². The smallest absolute Gasteiger partial charge is 0.417 e. The van der Waals surface area contributed by atoms with Gasteiger partial charge in [-0.25, -0.2) is 4.79 Å². The first-order chi connectivity index (χ1) is 17.6. The van der Waals surface area contributed by atoms with E-state index in [1.807, 2.05) is 42.5 Å². The summed E-state index contributed by atoms with van der Waals surface area (Å²) in [5, 5.41) is 22.3. The second kappa shape index (κ2) is 10.6. The Morgan fingerprint density at radius 2 is 1.38 bits per heavy atom. The molecular weight excluding hydrogens is 483 g/mol. The molecule has 4 aromatic rings. The van der Waals surface area contributed by atoms with Crippen LogP contribution in [0, 0.1) is 0 Å². The summed E-state index contributed by atoms with van der Waals surface area (Å²) in [5.74, 6) is -2.70. The van der Waals surface area contributed by atoms with E-state index in [-0.39, 0.29) is 23.1 Å². The number of carboxylic acid groups (broad SMARTS) is 1. The average molecular weight is 505 g/mol. The number of amides is 1. The van der Waals surface area contributed by atoms with Crippen molar-refractivity contribution in [2.45, 2.75) is 18.6 Å². The molecule has 0 aliphatic carbocycles. The fourth-order valence-electron chi connectivity index (χ4n) is 4.00. The van der Waals surface area contributed by atoms with E-state index < -0.39 is 35.4 Å². The third-order valence-corrected chi connectivity index (χ3v) is 5.89. The lowest BCUT2D eigenvalue weighted by Gasteiger charge is -2.17. The number of alkyl halides is 3. The van der Waals surface area contributed by atoms with E-state index in [9.17, 15) is 33.0 Å². The first-order valence-corrected chi connectivity index (χ1v) is 11.3. The molecule has 5 nitrogen and oxygen atoms in total. The number of phenolic OH excluding ortho intramolecular Hbond substituents is 1. The summed E-state index contributed by atoms with van der Waals surface area (Å²) in [6, 6.07) is 23.8. The van der Waals surface area contributed by atoms with Gasteiger partial charge >= 0.3 is 12.1 Å². The number of carboxylic acids is 1. The number of halogens is 3. The lowest BCUT2D eigenvalue weighted by molar-refractivity contribution is -0.139. The first kappa shape index (κ1) is 25.5. The molecule has 1 amide bonds. The lowest BCUT2D eigenvalue weighted by Crippen LogP contribution is -2.42. The van der Waals surface area contributed by atoms with Crippen molar-refractivity contribution in [1.82, 2.24) is 5.32 Å². The number of aromatic hydroxyl groups is 1. The predicted octanol–water partition coefficient (Wildman–Crippen LogP) is 6.17. The zero-order valence-electron chi connectivity index (χ0n) is 19.4. The number of aliphatic carboxylic acids is 1. The molecule has 0 aliphatic heterocycles. The van der Waals surface area contributed by atoms with Crippen LogP contribution in [0.2, 0.25) is 0 Å². The van der Waals surface area contributed by atoms with Crippen molar-refractivity contribution in [3.63, 3.8) is 0 Å². The standard InChI is InChI=1S/C29H22F3NO4/c30-29(31,32)24-9-5-4-8-22(24)21-14-15-26(34)23(17-21)27(35)33-25(28(36)37)16-18-10-12-20(13-11-18)19-6-2-1-3-7-19/h1-15,17,25,34H,16H2,(H,33,35)(H,36,37). The Labute approximate surface area is 210 Å². The number of carbonyl (C=O) groups excluding carboxylic acids is 1. The Bertz CT molecular complexity index is 1420. The molecule has 4 aromatic carbocycles. The number of rotatable bonds is 7. The monoisotopic (exact) mass is 505 g/mol. The molecule has 8 heteroatoms. The summed E-state index contributed by atoms with van der Waals surface area (Å²) in [6.07, 6.45) is -4.66. The average Bonchev–Trinajstić information content (AvgIpc) is 2.89. The van der Waals surface area contributed by atoms with Crippen molar-refractivity contribution >= 4 is 11.9 Å². The Kier molecular flexibility index (Phi) is 7.29. The molecule has 0 saturated carbocycles. The van der Waals surface area contributed by atoms with Gasteiger partial charge in [-0.2, -0.15) is 13.2 Å². The predicted molar refractivity (Wildman–Crippen MR) is 133 cm³/mol. The maximum atomic E-state index is 13.5. The SMILES string of the molecule is O=C(NC(Cc1ccc(-c2ccccc2)cc1)C(=O)O)c1cc(-c2ccccc2C(F)(F)F)ccc1O. The molecule has 0 radical (unpaired) electrons. The zero-order valence-corrected chi connectivity index (χ0v) is 19.4. The molecule has 0 spiro atoms. The van der Waals surface area contributed by atoms with Crippen molar-refractivity contribution in [1.29, 1.82) is 0 Å². The summed E-state index contributed by atoms with van der Waals surface area (Å²) < 4.78 is 40.4. The highest BCUT2D eigenvalue weighted by Gasteiger charge is 2.33. The molecule has 188 valence electrons. The van der Waals surface area contributed by atoms with E-state index in [4.69, 9.17) is 0 Å². The van der Waals surface area contributed by atoms with Crippen molar-refractivity contribution in [3.8, 4) is 28.0 Å². The summed E-state index contributed by atoms with van der Waals surface area (Å²) in [6.45, 7) is 0. The minimum absolute atomic E-state index is 0.0342. The number of carbonyl (C=O) groups is 2. The highest BCUT2D eigenvalue weighted by atomic mass is 19.4. The fourth-order valence-corrected chi connectivity index (χ4v) is 4.00. The molecular formula is C29H22F3NO4. The summed E-state index contributed by atoms with van der Waals surface area (Å²) in [7, 11) is 0. The van der Waals surface area contributed by atoms with Crippen molar-refractivity contribution < 1.29 is 33.0 Å². The molecule has 0 aliphatic rings. The Morgan fingerprint density at radius 1 is 0.784 bits per heavy atom. The highest BCUT2D eigenvalue weighted by molar-refractivity contribution is 6.00. The van der Waals surface area contributed by atoms with Gasteiger partial charge in [0, 0.05) is 6.42 Å². The second-order valence-corrected chi connectivity index (χ2v) is 8.41. The number of phenols is 1. The first-order valence-electron chi connectivity index (χ1n) is 11.3. The molecule has 37 heavy (non-hydrogen) atoms. The van der Waals surface area contributed by atoms with E-state index >= 15 is 0 Å². The molecule has 1 unspecified atom stereocenters. The Hall–Kier alpha value is -4.59. The molecule has 0 fully saturated rings. The minimum atomic E-state index is -4.62. The van der Waals surface area contributed by atoms with Crippen LogP contribution < -0.4 is 5.32 Å². The summed E-state index contributed by atoms with van der Waals surface area (Å²) >= 11 is 0. The van der Waals surface area contributed by atoms with Crippen molar-refractivity contribution in [2.24, 2.45) is 0 Å². The van der Waals surface area contributed by atoms with Crippen LogP contribution in [0.25, 0.3) is 22.3 Å². The van der Waals surface area contributed by atoms with Crippen LogP contribution >= 0.6 is 0 Å². The van der Waals surface area contributed by atoms with Gasteiger partial charge in [-0.1, -0.05) is 78.9 Å². The number of benzene rings is 4. The van der Waals surface area contributed by atoms with Crippen LogP contribution in [0.15, 0.2) is 97.1 Å². The highest BCUT2D eigenvalue weighted by Crippen LogP contribution is 2.38. The van der Waals surface area contributed by atoms with Crippen molar-refractivity contribution in [2.75, 3.05) is 0 Å². The Morgan fingerprint density at radius 3 is 2.03 bits per heavy atom. The lowest BCUT2D eigenvalue weighted by atomic mass is 9.97. The second-order valence-electron chi connectivity index (χ2n) is 8.41. The minimum Gasteiger partial charge on any atom is -0.507 e. The largest absolute Gasteiger partial charge is 0.507 e. The van der Waals surface area contributed by atoms with Crippen LogP contribution in [0.4, 0.5) is 13.2 Å². The van der Waals surface area contributed by atoms with E-state index in [0.29, 0.717) is 5.56 Å². The van der Waals surface area contributed by atoms with E-state index in [2.05, 4.69) is 5.32 Å². The van der Waals surface area contributed by atoms with Gasteiger partial charge in [-0.15, -0.1) is 0 Å². The number of hydrogen-bond acceptors (Lipinski definition) is 3. The number of nitrogens with one attached hydrogen (secondary N) is 1. The maximum absolute atomic E-state index is 13.5. The van der Waals surface area contributed by atoms with Gasteiger partial charge in [-0.3, -0.25) is 4.79 Å². The van der Waals surface area contributed by atoms with Crippen LogP contribution in [0.5, 0.6) is 5.75 Å². The molecule has 0 bridgehead atoms. The molecule has 4 rings (SSSR count). The van der Waals surface area contributed by atoms with E-state index in [1.165, 1.54) is 24.3 Å². The molecule has 0 heterocycles. The van der Waals surface area contributed by atoms with Crippen LogP contribution in [-0.2, 0) is 17.4 Å². The van der Waals surface area contributed by atoms with Gasteiger partial charge < -0.3 is 15.5 Å². The third-order valence-electron chi connectivity index (χ3n) is 5.89. The maximum Gasteiger partial charge on any atom is 0.417 e.